The maximum Gasteiger partial charge on any atom is 0.163 e. The zero-order chi connectivity index (χ0) is 23.4. The Bertz CT molecular complexity index is 1370. The predicted molar refractivity (Wildman–Crippen MR) is 149 cm³/mol. The molecule has 0 aromatic carbocycles. The summed E-state index contributed by atoms with van der Waals surface area (Å²) in [4.78, 5) is 25.6. The van der Waals surface area contributed by atoms with Crippen LogP contribution in [0.3, 0.4) is 0 Å². The van der Waals surface area contributed by atoms with Crippen molar-refractivity contribution < 1.29 is 0 Å². The molecule has 1 saturated carbocycles. The molecule has 1 aliphatic heterocycles. The van der Waals surface area contributed by atoms with E-state index in [1.54, 1.807) is 0 Å². The highest BCUT2D eigenvalue weighted by atomic mass is 32.1. The van der Waals surface area contributed by atoms with Crippen molar-refractivity contribution in [3.63, 3.8) is 0 Å². The SMILES string of the molecule is C[C@@H]1CCCN(c2nc(-c3ccnc4[nH]c(C(C)(C)C)cc34)nc3cncc(C4CCC4)c23)C1.S. The van der Waals surface area contributed by atoms with Gasteiger partial charge in [0.05, 0.1) is 11.7 Å². The van der Waals surface area contributed by atoms with Crippen molar-refractivity contribution in [2.45, 2.75) is 71.1 Å². The van der Waals surface area contributed by atoms with Crippen LogP contribution < -0.4 is 4.90 Å². The Balaban J connectivity index is 0.00000253. The van der Waals surface area contributed by atoms with Crippen LogP contribution >= 0.6 is 13.5 Å². The van der Waals surface area contributed by atoms with Crippen LogP contribution in [0.15, 0.2) is 30.7 Å². The Labute approximate surface area is 214 Å². The molecule has 0 radical (unpaired) electrons. The molecule has 4 aromatic rings. The number of aromatic amines is 1. The number of piperidine rings is 1. The Morgan fingerprint density at radius 1 is 1.06 bits per heavy atom. The number of nitrogens with zero attached hydrogens (tertiary/aromatic N) is 5. The number of H-pyrrole nitrogens is 1. The summed E-state index contributed by atoms with van der Waals surface area (Å²) in [5.41, 5.74) is 5.39. The van der Waals surface area contributed by atoms with Gasteiger partial charge < -0.3 is 9.88 Å². The van der Waals surface area contributed by atoms with Gasteiger partial charge in [0, 0.05) is 52.9 Å². The van der Waals surface area contributed by atoms with Crippen molar-refractivity contribution in [1.82, 2.24) is 24.9 Å². The summed E-state index contributed by atoms with van der Waals surface area (Å²) in [7, 11) is 0. The Hall–Kier alpha value is -2.67. The van der Waals surface area contributed by atoms with Gasteiger partial charge in [0.15, 0.2) is 5.82 Å². The molecule has 0 bridgehead atoms. The highest BCUT2D eigenvalue weighted by Crippen LogP contribution is 2.42. The molecule has 5 heterocycles. The highest BCUT2D eigenvalue weighted by Gasteiger charge is 2.28. The first-order valence-corrected chi connectivity index (χ1v) is 12.8. The standard InChI is InChI=1S/C28H34N6.H2S/c1-17-7-6-12-34(16-17)27-24-21(18-8-5-9-18)14-29-15-22(24)31-26(33-27)19-10-11-30-25-20(19)13-23(32-25)28(2,3)4;/h10-11,13-15,17-18H,5-9,12,16H2,1-4H3,(H,30,32);1H2/t17-;/m1./s1. The van der Waals surface area contributed by atoms with E-state index in [1.807, 2.05) is 12.4 Å². The van der Waals surface area contributed by atoms with E-state index in [0.717, 1.165) is 46.8 Å². The van der Waals surface area contributed by atoms with E-state index in [0.29, 0.717) is 11.8 Å². The van der Waals surface area contributed by atoms with Gasteiger partial charge in [-0.1, -0.05) is 34.1 Å². The first-order valence-electron chi connectivity index (χ1n) is 12.8. The molecule has 1 atom stereocenters. The molecule has 0 amide bonds. The van der Waals surface area contributed by atoms with Crippen LogP contribution in [0, 0.1) is 5.92 Å². The van der Waals surface area contributed by atoms with Crippen LogP contribution in [0.4, 0.5) is 5.82 Å². The summed E-state index contributed by atoms with van der Waals surface area (Å²) in [5, 5.41) is 2.29. The Morgan fingerprint density at radius 2 is 1.89 bits per heavy atom. The number of rotatable bonds is 3. The van der Waals surface area contributed by atoms with Gasteiger partial charge in [-0.25, -0.2) is 15.0 Å². The number of hydrogen-bond acceptors (Lipinski definition) is 5. The van der Waals surface area contributed by atoms with Crippen molar-refractivity contribution in [2.75, 3.05) is 18.0 Å². The number of aromatic nitrogens is 5. The molecule has 4 aromatic heterocycles. The fourth-order valence-electron chi connectivity index (χ4n) is 5.47. The maximum absolute atomic E-state index is 5.30. The molecule has 2 aliphatic rings. The van der Waals surface area contributed by atoms with E-state index in [4.69, 9.17) is 9.97 Å². The van der Waals surface area contributed by atoms with Gasteiger partial charge in [-0.2, -0.15) is 13.5 Å². The molecular weight excluding hydrogens is 452 g/mol. The quantitative estimate of drug-likeness (QED) is 0.357. The molecular formula is C28H36N6S. The summed E-state index contributed by atoms with van der Waals surface area (Å²) in [6.07, 6.45) is 12.1. The van der Waals surface area contributed by atoms with Crippen molar-refractivity contribution in [3.8, 4) is 11.4 Å². The average Bonchev–Trinajstić information content (AvgIpc) is 3.22. The summed E-state index contributed by atoms with van der Waals surface area (Å²) < 4.78 is 0. The molecule has 6 rings (SSSR count). The first kappa shape index (κ1) is 24.0. The molecule has 1 N–H and O–H groups in total. The summed E-state index contributed by atoms with van der Waals surface area (Å²) >= 11 is 0. The molecule has 6 nitrogen and oxygen atoms in total. The number of pyridine rings is 2. The average molecular weight is 489 g/mol. The summed E-state index contributed by atoms with van der Waals surface area (Å²) in [5.74, 6) is 3.11. The number of anilines is 1. The molecule has 184 valence electrons. The monoisotopic (exact) mass is 488 g/mol. The maximum atomic E-state index is 5.30. The predicted octanol–water partition coefficient (Wildman–Crippen LogP) is 6.48. The second-order valence-electron chi connectivity index (χ2n) is 11.4. The molecule has 35 heavy (non-hydrogen) atoms. The zero-order valence-electron chi connectivity index (χ0n) is 21.2. The minimum Gasteiger partial charge on any atom is -0.356 e. The molecule has 7 heteroatoms. The van der Waals surface area contributed by atoms with E-state index in [2.05, 4.69) is 65.9 Å². The fraction of sp³-hybridized carbons (Fsp3) is 0.500. The molecule has 2 fully saturated rings. The van der Waals surface area contributed by atoms with Crippen LogP contribution in [0.2, 0.25) is 0 Å². The van der Waals surface area contributed by atoms with Crippen LogP contribution in [0.25, 0.3) is 33.3 Å². The third kappa shape index (κ3) is 4.28. The van der Waals surface area contributed by atoms with Gasteiger partial charge in [0.1, 0.15) is 11.5 Å². The van der Waals surface area contributed by atoms with Gasteiger partial charge in [-0.05, 0) is 55.2 Å². The van der Waals surface area contributed by atoms with E-state index >= 15 is 0 Å². The van der Waals surface area contributed by atoms with Crippen molar-refractivity contribution >= 4 is 41.2 Å². The van der Waals surface area contributed by atoms with Gasteiger partial charge in [0.2, 0.25) is 0 Å². The number of fused-ring (bicyclic) bond motifs is 2. The molecule has 1 aliphatic carbocycles. The lowest BCUT2D eigenvalue weighted by Crippen LogP contribution is -2.35. The fourth-order valence-corrected chi connectivity index (χ4v) is 5.47. The zero-order valence-corrected chi connectivity index (χ0v) is 22.2. The molecule has 0 spiro atoms. The van der Waals surface area contributed by atoms with Crippen molar-refractivity contribution in [2.24, 2.45) is 5.92 Å². The first-order chi connectivity index (χ1) is 16.4. The van der Waals surface area contributed by atoms with Crippen LogP contribution in [-0.4, -0.2) is 38.0 Å². The Morgan fingerprint density at radius 3 is 2.60 bits per heavy atom. The summed E-state index contributed by atoms with van der Waals surface area (Å²) in [6, 6.07) is 4.27. The van der Waals surface area contributed by atoms with Gasteiger partial charge in [-0.3, -0.25) is 4.98 Å². The van der Waals surface area contributed by atoms with E-state index in [9.17, 15) is 0 Å². The highest BCUT2D eigenvalue weighted by molar-refractivity contribution is 7.59. The molecule has 1 saturated heterocycles. The lowest BCUT2D eigenvalue weighted by atomic mass is 9.79. The van der Waals surface area contributed by atoms with E-state index in [1.165, 1.54) is 48.7 Å². The Kier molecular flexibility index (Phi) is 6.24. The normalized spacial score (nSPS) is 19.1. The third-order valence-electron chi connectivity index (χ3n) is 7.70. The van der Waals surface area contributed by atoms with Crippen LogP contribution in [0.1, 0.15) is 77.0 Å². The van der Waals surface area contributed by atoms with Crippen LogP contribution in [-0.2, 0) is 5.41 Å². The summed E-state index contributed by atoms with van der Waals surface area (Å²) in [6.45, 7) is 11.1. The largest absolute Gasteiger partial charge is 0.356 e. The number of hydrogen-bond donors (Lipinski definition) is 1. The topological polar surface area (TPSA) is 70.6 Å². The van der Waals surface area contributed by atoms with E-state index in [-0.39, 0.29) is 18.9 Å². The minimum atomic E-state index is 0. The minimum absolute atomic E-state index is 0. The third-order valence-corrected chi connectivity index (χ3v) is 7.70. The van der Waals surface area contributed by atoms with E-state index < -0.39 is 0 Å². The second-order valence-corrected chi connectivity index (χ2v) is 11.4. The van der Waals surface area contributed by atoms with Crippen LogP contribution in [0.5, 0.6) is 0 Å². The van der Waals surface area contributed by atoms with Gasteiger partial charge in [0.25, 0.3) is 0 Å². The van der Waals surface area contributed by atoms with Gasteiger partial charge in [-0.15, -0.1) is 0 Å². The molecule has 0 unspecified atom stereocenters. The lowest BCUT2D eigenvalue weighted by Gasteiger charge is -2.34. The van der Waals surface area contributed by atoms with Crippen molar-refractivity contribution in [1.29, 1.82) is 0 Å². The number of nitrogens with one attached hydrogen (secondary N) is 1. The van der Waals surface area contributed by atoms with Gasteiger partial charge >= 0.3 is 0 Å². The smallest absolute Gasteiger partial charge is 0.163 e. The second kappa shape index (κ2) is 9.08. The lowest BCUT2D eigenvalue weighted by molar-refractivity contribution is 0.420. The van der Waals surface area contributed by atoms with Crippen molar-refractivity contribution in [3.05, 3.63) is 42.0 Å².